The second kappa shape index (κ2) is 6.80. The SMILES string of the molecule is Fc1cc(F)cc(CC2CCN(CC3CCC(F)(F)CC3)C2)c1. The molecule has 1 aliphatic heterocycles. The summed E-state index contributed by atoms with van der Waals surface area (Å²) in [6.45, 7) is 2.73. The number of benzene rings is 1. The average Bonchev–Trinajstić information content (AvgIpc) is 2.87. The standard InChI is InChI=1S/C18H23F4N/c19-16-8-15(9-17(20)10-16)7-14-3-6-23(12-14)11-13-1-4-18(21,22)5-2-13/h8-10,13-14H,1-7,11-12H2. The highest BCUT2D eigenvalue weighted by atomic mass is 19.3. The first kappa shape index (κ1) is 16.7. The summed E-state index contributed by atoms with van der Waals surface area (Å²) in [5, 5.41) is 0. The van der Waals surface area contributed by atoms with E-state index < -0.39 is 17.6 Å². The van der Waals surface area contributed by atoms with Gasteiger partial charge in [-0.05, 0) is 61.8 Å². The number of likely N-dealkylation sites (tertiary alicyclic amines) is 1. The maximum Gasteiger partial charge on any atom is 0.248 e. The molecular weight excluding hydrogens is 306 g/mol. The fraction of sp³-hybridized carbons (Fsp3) is 0.667. The molecule has 0 bridgehead atoms. The molecule has 1 heterocycles. The van der Waals surface area contributed by atoms with Crippen molar-refractivity contribution in [3.05, 3.63) is 35.4 Å². The first-order valence-corrected chi connectivity index (χ1v) is 8.45. The van der Waals surface area contributed by atoms with Gasteiger partial charge in [0.1, 0.15) is 11.6 Å². The number of rotatable bonds is 4. The van der Waals surface area contributed by atoms with Crippen LogP contribution in [0.3, 0.4) is 0 Å². The Bertz CT molecular complexity index is 516. The van der Waals surface area contributed by atoms with E-state index in [0.717, 1.165) is 32.1 Å². The van der Waals surface area contributed by atoms with Gasteiger partial charge in [-0.15, -0.1) is 0 Å². The van der Waals surface area contributed by atoms with E-state index in [0.29, 0.717) is 36.7 Å². The molecule has 1 atom stereocenters. The van der Waals surface area contributed by atoms with Crippen LogP contribution in [0, 0.1) is 23.5 Å². The van der Waals surface area contributed by atoms with Crippen molar-refractivity contribution in [2.24, 2.45) is 11.8 Å². The molecule has 0 N–H and O–H groups in total. The predicted molar refractivity (Wildman–Crippen MR) is 81.5 cm³/mol. The second-order valence-corrected chi connectivity index (χ2v) is 7.20. The largest absolute Gasteiger partial charge is 0.303 e. The minimum Gasteiger partial charge on any atom is -0.303 e. The van der Waals surface area contributed by atoms with Gasteiger partial charge in [-0.2, -0.15) is 0 Å². The van der Waals surface area contributed by atoms with Gasteiger partial charge in [0.05, 0.1) is 0 Å². The number of hydrogen-bond donors (Lipinski definition) is 0. The Morgan fingerprint density at radius 1 is 0.957 bits per heavy atom. The van der Waals surface area contributed by atoms with Gasteiger partial charge in [0.2, 0.25) is 5.92 Å². The normalized spacial score (nSPS) is 25.8. The number of nitrogens with zero attached hydrogens (tertiary/aromatic N) is 1. The molecule has 1 nitrogen and oxygen atoms in total. The molecule has 1 aromatic carbocycles. The van der Waals surface area contributed by atoms with Gasteiger partial charge in [-0.3, -0.25) is 0 Å². The molecule has 3 rings (SSSR count). The van der Waals surface area contributed by atoms with Crippen LogP contribution >= 0.6 is 0 Å². The van der Waals surface area contributed by atoms with E-state index in [2.05, 4.69) is 4.90 Å². The summed E-state index contributed by atoms with van der Waals surface area (Å²) in [6, 6.07) is 3.69. The van der Waals surface area contributed by atoms with Gasteiger partial charge >= 0.3 is 0 Å². The van der Waals surface area contributed by atoms with Crippen molar-refractivity contribution < 1.29 is 17.6 Å². The highest BCUT2D eigenvalue weighted by Gasteiger charge is 2.36. The van der Waals surface area contributed by atoms with Gasteiger partial charge in [0.15, 0.2) is 0 Å². The first-order chi connectivity index (χ1) is 10.9. The maximum atomic E-state index is 13.2. The summed E-state index contributed by atoms with van der Waals surface area (Å²) >= 11 is 0. The Labute approximate surface area is 134 Å². The van der Waals surface area contributed by atoms with Crippen LogP contribution in [-0.2, 0) is 6.42 Å². The Kier molecular flexibility index (Phi) is 4.95. The third-order valence-electron chi connectivity index (χ3n) is 5.17. The number of halogens is 4. The van der Waals surface area contributed by atoms with Crippen LogP contribution in [0.25, 0.3) is 0 Å². The zero-order valence-electron chi connectivity index (χ0n) is 13.2. The fourth-order valence-electron chi connectivity index (χ4n) is 3.96. The molecule has 0 amide bonds. The second-order valence-electron chi connectivity index (χ2n) is 7.20. The van der Waals surface area contributed by atoms with E-state index in [4.69, 9.17) is 0 Å². The minimum atomic E-state index is -2.47. The van der Waals surface area contributed by atoms with Crippen molar-refractivity contribution in [2.75, 3.05) is 19.6 Å². The van der Waals surface area contributed by atoms with E-state index >= 15 is 0 Å². The summed E-state index contributed by atoms with van der Waals surface area (Å²) in [4.78, 5) is 2.33. The molecule has 0 spiro atoms. The van der Waals surface area contributed by atoms with Gasteiger partial charge in [0.25, 0.3) is 0 Å². The lowest BCUT2D eigenvalue weighted by Crippen LogP contribution is -2.33. The van der Waals surface area contributed by atoms with Crippen LogP contribution in [0.1, 0.15) is 37.7 Å². The van der Waals surface area contributed by atoms with Crippen LogP contribution in [0.5, 0.6) is 0 Å². The lowest BCUT2D eigenvalue weighted by Gasteiger charge is -2.31. The Balaban J connectivity index is 1.47. The Morgan fingerprint density at radius 3 is 2.26 bits per heavy atom. The lowest BCUT2D eigenvalue weighted by molar-refractivity contribution is -0.0483. The molecule has 1 unspecified atom stereocenters. The summed E-state index contributed by atoms with van der Waals surface area (Å²) in [7, 11) is 0. The third kappa shape index (κ3) is 4.69. The van der Waals surface area contributed by atoms with Crippen molar-refractivity contribution in [3.63, 3.8) is 0 Å². The van der Waals surface area contributed by atoms with Crippen LogP contribution in [-0.4, -0.2) is 30.5 Å². The smallest absolute Gasteiger partial charge is 0.248 e. The van der Waals surface area contributed by atoms with Gasteiger partial charge in [-0.1, -0.05) is 0 Å². The topological polar surface area (TPSA) is 3.24 Å². The van der Waals surface area contributed by atoms with E-state index in [1.807, 2.05) is 0 Å². The zero-order chi connectivity index (χ0) is 16.4. The molecule has 2 fully saturated rings. The van der Waals surface area contributed by atoms with Crippen molar-refractivity contribution in [3.8, 4) is 0 Å². The Hall–Kier alpha value is -1.10. The van der Waals surface area contributed by atoms with Crippen LogP contribution in [0.15, 0.2) is 18.2 Å². The van der Waals surface area contributed by atoms with E-state index in [-0.39, 0.29) is 12.8 Å². The van der Waals surface area contributed by atoms with Crippen molar-refractivity contribution >= 4 is 0 Å². The first-order valence-electron chi connectivity index (χ1n) is 8.45. The summed E-state index contributed by atoms with van der Waals surface area (Å²) < 4.78 is 52.8. The van der Waals surface area contributed by atoms with Crippen LogP contribution < -0.4 is 0 Å². The monoisotopic (exact) mass is 329 g/mol. The van der Waals surface area contributed by atoms with E-state index in [1.54, 1.807) is 0 Å². The molecule has 0 radical (unpaired) electrons. The minimum absolute atomic E-state index is 0.0114. The average molecular weight is 329 g/mol. The maximum absolute atomic E-state index is 13.2. The molecular formula is C18H23F4N. The van der Waals surface area contributed by atoms with Crippen LogP contribution in [0.4, 0.5) is 17.6 Å². The molecule has 5 heteroatoms. The summed E-state index contributed by atoms with van der Waals surface area (Å²) in [5.74, 6) is -2.77. The predicted octanol–water partition coefficient (Wildman–Crippen LogP) is 4.65. The number of alkyl halides is 2. The van der Waals surface area contributed by atoms with E-state index in [9.17, 15) is 17.6 Å². The summed E-state index contributed by atoms with van der Waals surface area (Å²) in [6.07, 6.45) is 2.90. The molecule has 1 aromatic rings. The molecule has 1 aliphatic carbocycles. The van der Waals surface area contributed by atoms with E-state index in [1.165, 1.54) is 12.1 Å². The molecule has 0 aromatic heterocycles. The highest BCUT2D eigenvalue weighted by molar-refractivity contribution is 5.18. The van der Waals surface area contributed by atoms with Crippen molar-refractivity contribution in [1.29, 1.82) is 0 Å². The highest BCUT2D eigenvalue weighted by Crippen LogP contribution is 2.37. The zero-order valence-corrected chi connectivity index (χ0v) is 13.2. The molecule has 23 heavy (non-hydrogen) atoms. The van der Waals surface area contributed by atoms with Crippen LogP contribution in [0.2, 0.25) is 0 Å². The molecule has 1 saturated heterocycles. The lowest BCUT2D eigenvalue weighted by atomic mass is 9.86. The molecule has 1 saturated carbocycles. The number of hydrogen-bond acceptors (Lipinski definition) is 1. The van der Waals surface area contributed by atoms with Gasteiger partial charge in [-0.25, -0.2) is 17.6 Å². The third-order valence-corrected chi connectivity index (χ3v) is 5.17. The quantitative estimate of drug-likeness (QED) is 0.727. The van der Waals surface area contributed by atoms with Gasteiger partial charge < -0.3 is 4.90 Å². The Morgan fingerprint density at radius 2 is 1.61 bits per heavy atom. The molecule has 2 aliphatic rings. The molecule has 128 valence electrons. The van der Waals surface area contributed by atoms with Gasteiger partial charge in [0, 0.05) is 32.0 Å². The van der Waals surface area contributed by atoms with Crippen molar-refractivity contribution in [1.82, 2.24) is 4.90 Å². The summed E-state index contributed by atoms with van der Waals surface area (Å²) in [5.41, 5.74) is 0.701. The fourth-order valence-corrected chi connectivity index (χ4v) is 3.96. The van der Waals surface area contributed by atoms with Crippen molar-refractivity contribution in [2.45, 2.75) is 44.4 Å².